The molecule has 1 saturated heterocycles. The van der Waals surface area contributed by atoms with E-state index in [0.29, 0.717) is 18.2 Å². The van der Waals surface area contributed by atoms with Crippen LogP contribution in [0.4, 0.5) is 0 Å². The molecule has 0 aliphatic carbocycles. The molecule has 1 aliphatic rings. The summed E-state index contributed by atoms with van der Waals surface area (Å²) in [5.74, 6) is 0.418. The summed E-state index contributed by atoms with van der Waals surface area (Å²) in [4.78, 5) is 14.1. The zero-order valence-corrected chi connectivity index (χ0v) is 13.1. The van der Waals surface area contributed by atoms with Gasteiger partial charge in [-0.15, -0.1) is 0 Å². The topological polar surface area (TPSA) is 45.5 Å². The number of aromatic nitrogens is 1. The van der Waals surface area contributed by atoms with Gasteiger partial charge in [0.25, 0.3) is 0 Å². The Labute approximate surface area is 130 Å². The molecule has 2 heterocycles. The average Bonchev–Trinajstić information content (AvgIpc) is 2.99. The molecular formula is C18H22N2O2. The fourth-order valence-corrected chi connectivity index (χ4v) is 3.24. The molecule has 1 N–H and O–H groups in total. The first kappa shape index (κ1) is 14.9. The zero-order chi connectivity index (χ0) is 15.7. The normalized spacial score (nSPS) is 18.7. The second-order valence-electron chi connectivity index (χ2n) is 6.14. The molecule has 1 aromatic heterocycles. The maximum absolute atomic E-state index is 11.8. The van der Waals surface area contributed by atoms with Gasteiger partial charge in [-0.1, -0.05) is 30.3 Å². The van der Waals surface area contributed by atoms with Crippen molar-refractivity contribution in [3.8, 4) is 5.75 Å². The lowest BCUT2D eigenvalue weighted by molar-refractivity contribution is 0.308. The molecule has 1 fully saturated rings. The smallest absolute Gasteiger partial charge is 0.223 e. The first-order valence-electron chi connectivity index (χ1n) is 7.72. The highest BCUT2D eigenvalue weighted by atomic mass is 16.3. The van der Waals surface area contributed by atoms with Crippen LogP contribution in [0.3, 0.4) is 0 Å². The second-order valence-corrected chi connectivity index (χ2v) is 6.14. The van der Waals surface area contributed by atoms with Crippen molar-refractivity contribution in [3.63, 3.8) is 0 Å². The lowest BCUT2D eigenvalue weighted by atomic mass is 9.99. The van der Waals surface area contributed by atoms with Crippen LogP contribution in [0, 0.1) is 6.92 Å². The lowest BCUT2D eigenvalue weighted by Gasteiger charge is -2.20. The van der Waals surface area contributed by atoms with Crippen molar-refractivity contribution in [3.05, 3.63) is 63.6 Å². The number of hydrogen-bond acceptors (Lipinski definition) is 3. The van der Waals surface area contributed by atoms with Crippen LogP contribution in [0.5, 0.6) is 5.75 Å². The molecule has 1 aliphatic heterocycles. The van der Waals surface area contributed by atoms with E-state index in [0.717, 1.165) is 25.2 Å². The van der Waals surface area contributed by atoms with E-state index in [4.69, 9.17) is 0 Å². The van der Waals surface area contributed by atoms with Crippen LogP contribution >= 0.6 is 0 Å². The molecule has 0 radical (unpaired) electrons. The standard InChI is InChI=1S/C18H22N2O2/c1-13-10-17(21)18(22)16(19(13)2)12-20-9-8-15(11-20)14-6-4-3-5-7-14/h3-7,10,15,22H,8-9,11-12H2,1-2H3/t15-/m1/s1. The molecular weight excluding hydrogens is 276 g/mol. The lowest BCUT2D eigenvalue weighted by Crippen LogP contribution is -2.24. The number of likely N-dealkylation sites (tertiary alicyclic amines) is 1. The van der Waals surface area contributed by atoms with Crippen LogP contribution in [-0.2, 0) is 13.6 Å². The van der Waals surface area contributed by atoms with E-state index in [1.165, 1.54) is 11.6 Å². The van der Waals surface area contributed by atoms with Gasteiger partial charge >= 0.3 is 0 Å². The van der Waals surface area contributed by atoms with Gasteiger partial charge in [-0.2, -0.15) is 0 Å². The van der Waals surface area contributed by atoms with Gasteiger partial charge in [-0.25, -0.2) is 0 Å². The third-order valence-electron chi connectivity index (χ3n) is 4.70. The Hall–Kier alpha value is -2.07. The predicted molar refractivity (Wildman–Crippen MR) is 87.2 cm³/mol. The largest absolute Gasteiger partial charge is 0.503 e. The van der Waals surface area contributed by atoms with Crippen molar-refractivity contribution in [1.29, 1.82) is 0 Å². The minimum Gasteiger partial charge on any atom is -0.503 e. The summed E-state index contributed by atoms with van der Waals surface area (Å²) in [6.45, 7) is 4.45. The number of hydrogen-bond donors (Lipinski definition) is 1. The molecule has 3 rings (SSSR count). The van der Waals surface area contributed by atoms with Crippen LogP contribution in [-0.4, -0.2) is 27.7 Å². The molecule has 0 amide bonds. The highest BCUT2D eigenvalue weighted by Crippen LogP contribution is 2.28. The van der Waals surface area contributed by atoms with E-state index in [-0.39, 0.29) is 11.2 Å². The first-order chi connectivity index (χ1) is 10.6. The molecule has 0 unspecified atom stereocenters. The zero-order valence-electron chi connectivity index (χ0n) is 13.1. The van der Waals surface area contributed by atoms with Crippen molar-refractivity contribution < 1.29 is 5.11 Å². The average molecular weight is 298 g/mol. The van der Waals surface area contributed by atoms with Crippen molar-refractivity contribution in [2.24, 2.45) is 7.05 Å². The van der Waals surface area contributed by atoms with Crippen molar-refractivity contribution >= 4 is 0 Å². The summed E-state index contributed by atoms with van der Waals surface area (Å²) >= 11 is 0. The summed E-state index contributed by atoms with van der Waals surface area (Å²) < 4.78 is 1.91. The number of rotatable bonds is 3. The van der Waals surface area contributed by atoms with E-state index < -0.39 is 0 Å². The molecule has 22 heavy (non-hydrogen) atoms. The van der Waals surface area contributed by atoms with E-state index >= 15 is 0 Å². The Morgan fingerprint density at radius 1 is 1.27 bits per heavy atom. The molecule has 1 aromatic carbocycles. The van der Waals surface area contributed by atoms with Gasteiger partial charge in [0.2, 0.25) is 5.43 Å². The summed E-state index contributed by atoms with van der Waals surface area (Å²) in [7, 11) is 1.90. The summed E-state index contributed by atoms with van der Waals surface area (Å²) in [6.07, 6.45) is 1.12. The Balaban J connectivity index is 1.77. The van der Waals surface area contributed by atoms with Crippen LogP contribution < -0.4 is 5.43 Å². The molecule has 1 atom stereocenters. The van der Waals surface area contributed by atoms with Crippen LogP contribution in [0.15, 0.2) is 41.2 Å². The SMILES string of the molecule is Cc1cc(=O)c(O)c(CN2CC[C@@H](c3ccccc3)C2)n1C. The number of aromatic hydroxyl groups is 1. The minimum atomic E-state index is -0.288. The van der Waals surface area contributed by atoms with Gasteiger partial charge in [-0.05, 0) is 31.4 Å². The maximum atomic E-state index is 11.8. The third-order valence-corrected chi connectivity index (χ3v) is 4.70. The monoisotopic (exact) mass is 298 g/mol. The van der Waals surface area contributed by atoms with Gasteiger partial charge < -0.3 is 9.67 Å². The Morgan fingerprint density at radius 2 is 2.00 bits per heavy atom. The maximum Gasteiger partial charge on any atom is 0.223 e. The summed E-state index contributed by atoms with van der Waals surface area (Å²) in [6, 6.07) is 12.0. The first-order valence-corrected chi connectivity index (χ1v) is 7.72. The van der Waals surface area contributed by atoms with E-state index in [1.807, 2.05) is 24.6 Å². The Bertz CT molecular complexity index is 722. The molecule has 0 bridgehead atoms. The fraction of sp³-hybridized carbons (Fsp3) is 0.389. The predicted octanol–water partition coefficient (Wildman–Crippen LogP) is 2.39. The van der Waals surface area contributed by atoms with Gasteiger partial charge in [0.05, 0.1) is 5.69 Å². The van der Waals surface area contributed by atoms with Crippen LogP contribution in [0.25, 0.3) is 0 Å². The van der Waals surface area contributed by atoms with E-state index in [1.54, 1.807) is 0 Å². The Kier molecular flexibility index (Phi) is 4.03. The van der Waals surface area contributed by atoms with Crippen molar-refractivity contribution in [2.45, 2.75) is 25.8 Å². The second kappa shape index (κ2) is 5.97. The molecule has 0 saturated carbocycles. The minimum absolute atomic E-state index is 0.115. The summed E-state index contributed by atoms with van der Waals surface area (Å²) in [5.41, 5.74) is 2.66. The molecule has 2 aromatic rings. The Morgan fingerprint density at radius 3 is 2.73 bits per heavy atom. The van der Waals surface area contributed by atoms with Gasteiger partial charge in [0.1, 0.15) is 0 Å². The van der Waals surface area contributed by atoms with Crippen LogP contribution in [0.1, 0.15) is 29.3 Å². The van der Waals surface area contributed by atoms with Crippen LogP contribution in [0.2, 0.25) is 0 Å². The number of pyridine rings is 1. The van der Waals surface area contributed by atoms with E-state index in [2.05, 4.69) is 29.2 Å². The van der Waals surface area contributed by atoms with Gasteiger partial charge in [0.15, 0.2) is 5.75 Å². The van der Waals surface area contributed by atoms with Crippen molar-refractivity contribution in [1.82, 2.24) is 9.47 Å². The van der Waals surface area contributed by atoms with E-state index in [9.17, 15) is 9.90 Å². The fourth-order valence-electron chi connectivity index (χ4n) is 3.24. The summed E-state index contributed by atoms with van der Waals surface area (Å²) in [5, 5.41) is 10.1. The molecule has 4 nitrogen and oxygen atoms in total. The quantitative estimate of drug-likeness (QED) is 0.946. The number of nitrogens with zero attached hydrogens (tertiary/aromatic N) is 2. The van der Waals surface area contributed by atoms with Gasteiger partial charge in [0, 0.05) is 31.9 Å². The highest BCUT2D eigenvalue weighted by Gasteiger charge is 2.25. The van der Waals surface area contributed by atoms with Gasteiger partial charge in [-0.3, -0.25) is 9.69 Å². The number of aryl methyl sites for hydroxylation is 1. The highest BCUT2D eigenvalue weighted by molar-refractivity contribution is 5.30. The van der Waals surface area contributed by atoms with Crippen molar-refractivity contribution in [2.75, 3.05) is 13.1 Å². The third kappa shape index (κ3) is 2.79. The molecule has 0 spiro atoms. The number of benzene rings is 1. The molecule has 4 heteroatoms. The molecule has 116 valence electrons.